The Labute approximate surface area is 133 Å². The molecular formula is C15H12F3NO5. The van der Waals surface area contributed by atoms with Crippen molar-refractivity contribution in [1.29, 1.82) is 0 Å². The first-order chi connectivity index (χ1) is 11.2. The Bertz CT molecular complexity index is 767. The van der Waals surface area contributed by atoms with E-state index in [1.807, 2.05) is 0 Å². The van der Waals surface area contributed by atoms with Gasteiger partial charge < -0.3 is 19.6 Å². The predicted molar refractivity (Wildman–Crippen MR) is 74.3 cm³/mol. The second-order valence-corrected chi connectivity index (χ2v) is 4.64. The summed E-state index contributed by atoms with van der Waals surface area (Å²) in [7, 11) is 1.17. The van der Waals surface area contributed by atoms with Gasteiger partial charge in [-0.1, -0.05) is 6.07 Å². The van der Waals surface area contributed by atoms with Crippen LogP contribution in [0.4, 0.5) is 13.2 Å². The molecule has 1 aromatic carbocycles. The molecule has 1 amide bonds. The van der Waals surface area contributed by atoms with E-state index in [4.69, 9.17) is 4.42 Å². The number of ether oxygens (including phenoxy) is 1. The molecule has 0 bridgehead atoms. The summed E-state index contributed by atoms with van der Waals surface area (Å²) < 4.78 is 47.7. The summed E-state index contributed by atoms with van der Waals surface area (Å²) in [5.74, 6) is -2.67. The summed E-state index contributed by atoms with van der Waals surface area (Å²) in [4.78, 5) is 23.2. The normalized spacial score (nSPS) is 11.2. The number of aromatic hydroxyl groups is 1. The molecule has 0 fully saturated rings. The molecule has 6 nitrogen and oxygen atoms in total. The third-order valence-corrected chi connectivity index (χ3v) is 3.06. The van der Waals surface area contributed by atoms with E-state index in [0.717, 1.165) is 12.1 Å². The summed E-state index contributed by atoms with van der Waals surface area (Å²) in [5, 5.41) is 11.9. The second-order valence-electron chi connectivity index (χ2n) is 4.64. The van der Waals surface area contributed by atoms with Gasteiger partial charge in [-0.3, -0.25) is 4.79 Å². The SMILES string of the molecule is COC(=O)c1ccc(CNC(=O)c2cccc(C(F)(F)F)c2O)o1. The van der Waals surface area contributed by atoms with Crippen LogP contribution < -0.4 is 5.32 Å². The number of hydrogen-bond donors (Lipinski definition) is 2. The molecule has 0 saturated heterocycles. The summed E-state index contributed by atoms with van der Waals surface area (Å²) in [6.45, 7) is -0.189. The number of para-hydroxylation sites is 1. The van der Waals surface area contributed by atoms with Crippen molar-refractivity contribution in [1.82, 2.24) is 5.32 Å². The van der Waals surface area contributed by atoms with Crippen molar-refractivity contribution in [3.8, 4) is 5.75 Å². The molecular weight excluding hydrogens is 331 g/mol. The molecule has 0 unspecified atom stereocenters. The van der Waals surface area contributed by atoms with Crippen LogP contribution in [-0.4, -0.2) is 24.1 Å². The maximum absolute atomic E-state index is 12.7. The molecule has 128 valence electrons. The molecule has 0 aliphatic heterocycles. The van der Waals surface area contributed by atoms with Crippen LogP contribution in [0.25, 0.3) is 0 Å². The molecule has 0 radical (unpaired) electrons. The third-order valence-electron chi connectivity index (χ3n) is 3.06. The number of carbonyl (C=O) groups excluding carboxylic acids is 2. The minimum Gasteiger partial charge on any atom is -0.506 e. The first kappa shape index (κ1) is 17.4. The van der Waals surface area contributed by atoms with Crippen LogP contribution in [0.5, 0.6) is 5.75 Å². The molecule has 0 spiro atoms. The molecule has 24 heavy (non-hydrogen) atoms. The van der Waals surface area contributed by atoms with E-state index in [9.17, 15) is 27.9 Å². The Morgan fingerprint density at radius 2 is 1.96 bits per heavy atom. The smallest absolute Gasteiger partial charge is 0.419 e. The van der Waals surface area contributed by atoms with E-state index in [1.54, 1.807) is 0 Å². The first-order valence-electron chi connectivity index (χ1n) is 6.58. The van der Waals surface area contributed by atoms with Gasteiger partial charge in [-0.15, -0.1) is 0 Å². The number of amides is 1. The van der Waals surface area contributed by atoms with Gasteiger partial charge in [0.25, 0.3) is 5.91 Å². The highest BCUT2D eigenvalue weighted by molar-refractivity contribution is 5.97. The van der Waals surface area contributed by atoms with Crippen LogP contribution in [-0.2, 0) is 17.5 Å². The highest BCUT2D eigenvalue weighted by atomic mass is 19.4. The summed E-state index contributed by atoms with van der Waals surface area (Å²) in [5.41, 5.74) is -1.83. The van der Waals surface area contributed by atoms with E-state index in [2.05, 4.69) is 10.1 Å². The standard InChI is InChI=1S/C15H12F3NO5/c1-23-14(22)11-6-5-8(24-11)7-19-13(21)9-3-2-4-10(12(9)20)15(16,17)18/h2-6,20H,7H2,1H3,(H,19,21). The van der Waals surface area contributed by atoms with Crippen molar-refractivity contribution in [2.75, 3.05) is 7.11 Å². The lowest BCUT2D eigenvalue weighted by Crippen LogP contribution is -2.23. The molecule has 1 aromatic heterocycles. The fourth-order valence-electron chi connectivity index (χ4n) is 1.90. The highest BCUT2D eigenvalue weighted by Gasteiger charge is 2.35. The minimum absolute atomic E-state index is 0.0799. The van der Waals surface area contributed by atoms with Gasteiger partial charge in [-0.05, 0) is 24.3 Å². The zero-order valence-electron chi connectivity index (χ0n) is 12.3. The second kappa shape index (κ2) is 6.65. The highest BCUT2D eigenvalue weighted by Crippen LogP contribution is 2.37. The van der Waals surface area contributed by atoms with Crippen molar-refractivity contribution < 1.29 is 37.0 Å². The van der Waals surface area contributed by atoms with Gasteiger partial charge in [0.05, 0.1) is 24.8 Å². The Balaban J connectivity index is 2.11. The van der Waals surface area contributed by atoms with Crippen LogP contribution in [0.2, 0.25) is 0 Å². The van der Waals surface area contributed by atoms with Gasteiger partial charge >= 0.3 is 12.1 Å². The van der Waals surface area contributed by atoms with E-state index >= 15 is 0 Å². The summed E-state index contributed by atoms with van der Waals surface area (Å²) >= 11 is 0. The molecule has 2 rings (SSSR count). The largest absolute Gasteiger partial charge is 0.506 e. The Morgan fingerprint density at radius 1 is 1.25 bits per heavy atom. The van der Waals surface area contributed by atoms with E-state index in [-0.39, 0.29) is 18.1 Å². The molecule has 1 heterocycles. The maximum Gasteiger partial charge on any atom is 0.419 e. The number of hydrogen-bond acceptors (Lipinski definition) is 5. The number of carbonyl (C=O) groups is 2. The fourth-order valence-corrected chi connectivity index (χ4v) is 1.90. The van der Waals surface area contributed by atoms with Gasteiger partial charge in [0.1, 0.15) is 11.5 Å². The predicted octanol–water partition coefficient (Wildman–Crippen LogP) is 2.72. The summed E-state index contributed by atoms with van der Waals surface area (Å²) in [6.07, 6.45) is -4.78. The molecule has 9 heteroatoms. The lowest BCUT2D eigenvalue weighted by Gasteiger charge is -2.12. The van der Waals surface area contributed by atoms with Crippen molar-refractivity contribution in [3.63, 3.8) is 0 Å². The quantitative estimate of drug-likeness (QED) is 0.834. The van der Waals surface area contributed by atoms with E-state index in [1.165, 1.54) is 19.2 Å². The van der Waals surface area contributed by atoms with Crippen LogP contribution in [0.15, 0.2) is 34.7 Å². The number of alkyl halides is 3. The van der Waals surface area contributed by atoms with Crippen LogP contribution in [0.3, 0.4) is 0 Å². The number of phenolic OH excluding ortho intramolecular Hbond substituents is 1. The molecule has 2 aromatic rings. The number of esters is 1. The van der Waals surface area contributed by atoms with Gasteiger partial charge in [-0.25, -0.2) is 4.79 Å². The number of furan rings is 1. The number of benzene rings is 1. The molecule has 0 atom stereocenters. The van der Waals surface area contributed by atoms with Crippen molar-refractivity contribution >= 4 is 11.9 Å². The van der Waals surface area contributed by atoms with Crippen molar-refractivity contribution in [2.45, 2.75) is 12.7 Å². The van der Waals surface area contributed by atoms with E-state index in [0.29, 0.717) is 6.07 Å². The maximum atomic E-state index is 12.7. The zero-order valence-corrected chi connectivity index (χ0v) is 12.3. The fraction of sp³-hybridized carbons (Fsp3) is 0.200. The topological polar surface area (TPSA) is 88.8 Å². The molecule has 0 saturated carbocycles. The van der Waals surface area contributed by atoms with Crippen LogP contribution in [0, 0.1) is 0 Å². The average Bonchev–Trinajstić information content (AvgIpc) is 3.00. The molecule has 2 N–H and O–H groups in total. The minimum atomic E-state index is -4.78. The Morgan fingerprint density at radius 3 is 2.58 bits per heavy atom. The lowest BCUT2D eigenvalue weighted by molar-refractivity contribution is -0.138. The van der Waals surface area contributed by atoms with E-state index < -0.39 is 34.9 Å². The first-order valence-corrected chi connectivity index (χ1v) is 6.58. The van der Waals surface area contributed by atoms with Crippen LogP contribution in [0.1, 0.15) is 32.2 Å². The van der Waals surface area contributed by atoms with Crippen LogP contribution >= 0.6 is 0 Å². The molecule has 0 aliphatic carbocycles. The van der Waals surface area contributed by atoms with Gasteiger partial charge in [0.15, 0.2) is 0 Å². The lowest BCUT2D eigenvalue weighted by atomic mass is 10.1. The van der Waals surface area contributed by atoms with Crippen molar-refractivity contribution in [2.24, 2.45) is 0 Å². The summed E-state index contributed by atoms with van der Waals surface area (Å²) in [6, 6.07) is 5.47. The van der Waals surface area contributed by atoms with Crippen molar-refractivity contribution in [3.05, 3.63) is 53.0 Å². The number of methoxy groups -OCH3 is 1. The monoisotopic (exact) mass is 343 g/mol. The number of halogens is 3. The average molecular weight is 343 g/mol. The Hall–Kier alpha value is -2.97. The number of phenols is 1. The zero-order chi connectivity index (χ0) is 17.9. The number of rotatable bonds is 4. The number of nitrogens with one attached hydrogen (secondary N) is 1. The van der Waals surface area contributed by atoms with Gasteiger partial charge in [0, 0.05) is 0 Å². The molecule has 0 aliphatic rings. The van der Waals surface area contributed by atoms with Gasteiger partial charge in [0.2, 0.25) is 5.76 Å². The third kappa shape index (κ3) is 3.67. The Kier molecular flexibility index (Phi) is 4.82. The van der Waals surface area contributed by atoms with Gasteiger partial charge in [-0.2, -0.15) is 13.2 Å².